The van der Waals surface area contributed by atoms with Crippen LogP contribution in [0.15, 0.2) is 0 Å². The van der Waals surface area contributed by atoms with Crippen LogP contribution in [0, 0.1) is 0 Å². The molecule has 0 saturated carbocycles. The van der Waals surface area contributed by atoms with Crippen molar-refractivity contribution in [2.45, 2.75) is 6.42 Å². The molecule has 0 aromatic carbocycles. The quantitative estimate of drug-likeness (QED) is 0.480. The number of aliphatic hydroxyl groups excluding tert-OH is 1. The molecule has 0 aromatic rings. The fourth-order valence-electron chi connectivity index (χ4n) is 0.827. The lowest BCUT2D eigenvalue weighted by atomic mass is 10.4. The molecule has 72 valence electrons. The molecule has 0 unspecified atom stereocenters. The summed E-state index contributed by atoms with van der Waals surface area (Å²) in [6, 6.07) is 0. The lowest BCUT2D eigenvalue weighted by Crippen LogP contribution is -2.28. The molecular weight excluding hydrogens is 160 g/mol. The van der Waals surface area contributed by atoms with Crippen molar-refractivity contribution in [3.63, 3.8) is 0 Å². The number of carboxylic acid groups (broad SMARTS) is 1. The zero-order valence-corrected chi connectivity index (χ0v) is 7.29. The second kappa shape index (κ2) is 6.87. The number of nitrogens with zero attached hydrogens (tertiary/aromatic N) is 1. The summed E-state index contributed by atoms with van der Waals surface area (Å²) >= 11 is 0. The number of amides is 1. The van der Waals surface area contributed by atoms with Crippen LogP contribution in [-0.4, -0.2) is 54.5 Å². The van der Waals surface area contributed by atoms with E-state index >= 15 is 0 Å². The Morgan fingerprint density at radius 3 is 2.67 bits per heavy atom. The maximum atomic E-state index is 10.0. The predicted octanol–water partition coefficient (Wildman–Crippen LogP) is -0.432. The van der Waals surface area contributed by atoms with Crippen molar-refractivity contribution in [2.24, 2.45) is 0 Å². The van der Waals surface area contributed by atoms with Gasteiger partial charge in [0.1, 0.15) is 0 Å². The van der Waals surface area contributed by atoms with E-state index in [2.05, 4.69) is 5.32 Å². The first kappa shape index (κ1) is 11.2. The van der Waals surface area contributed by atoms with E-state index < -0.39 is 6.09 Å². The van der Waals surface area contributed by atoms with Crippen molar-refractivity contribution in [1.82, 2.24) is 10.2 Å². The molecule has 0 atom stereocenters. The van der Waals surface area contributed by atoms with E-state index in [1.165, 1.54) is 0 Å². The molecule has 0 heterocycles. The van der Waals surface area contributed by atoms with Gasteiger partial charge in [-0.2, -0.15) is 0 Å². The van der Waals surface area contributed by atoms with Crippen molar-refractivity contribution >= 4 is 6.09 Å². The van der Waals surface area contributed by atoms with Crippen LogP contribution in [-0.2, 0) is 0 Å². The standard InChI is InChI=1S/C7H16N2O3/c1-9(5-6-10)4-2-3-8-7(11)12/h8,10H,2-6H2,1H3,(H,11,12). The van der Waals surface area contributed by atoms with Gasteiger partial charge in [-0.25, -0.2) is 4.79 Å². The average Bonchev–Trinajstić information content (AvgIpc) is 1.98. The van der Waals surface area contributed by atoms with Gasteiger partial charge in [-0.05, 0) is 20.0 Å². The molecule has 12 heavy (non-hydrogen) atoms. The summed E-state index contributed by atoms with van der Waals surface area (Å²) in [4.78, 5) is 12.0. The lowest BCUT2D eigenvalue weighted by molar-refractivity contribution is 0.192. The summed E-state index contributed by atoms with van der Waals surface area (Å²) in [5.41, 5.74) is 0. The molecule has 3 N–H and O–H groups in total. The Kier molecular flexibility index (Phi) is 6.41. The molecular formula is C7H16N2O3. The molecule has 0 bridgehead atoms. The first-order valence-corrected chi connectivity index (χ1v) is 3.93. The van der Waals surface area contributed by atoms with E-state index in [-0.39, 0.29) is 6.61 Å². The largest absolute Gasteiger partial charge is 0.465 e. The van der Waals surface area contributed by atoms with Gasteiger partial charge in [0, 0.05) is 13.1 Å². The molecule has 0 radical (unpaired) electrons. The van der Waals surface area contributed by atoms with Crippen LogP contribution in [0.5, 0.6) is 0 Å². The molecule has 1 amide bonds. The smallest absolute Gasteiger partial charge is 0.404 e. The first-order valence-electron chi connectivity index (χ1n) is 3.93. The maximum Gasteiger partial charge on any atom is 0.404 e. The Balaban J connectivity index is 3.13. The molecule has 0 spiro atoms. The number of rotatable bonds is 6. The molecule has 0 rings (SSSR count). The first-order chi connectivity index (χ1) is 5.66. The van der Waals surface area contributed by atoms with E-state index in [0.29, 0.717) is 13.1 Å². The van der Waals surface area contributed by atoms with Gasteiger partial charge in [0.05, 0.1) is 6.61 Å². The SMILES string of the molecule is CN(CCO)CCCNC(=O)O. The van der Waals surface area contributed by atoms with E-state index in [9.17, 15) is 4.79 Å². The number of likely N-dealkylation sites (N-methyl/N-ethyl adjacent to an activating group) is 1. The molecule has 0 fully saturated rings. The van der Waals surface area contributed by atoms with Gasteiger partial charge in [-0.1, -0.05) is 0 Å². The molecule has 0 saturated heterocycles. The third-order valence-electron chi connectivity index (χ3n) is 1.47. The maximum absolute atomic E-state index is 10.0. The number of aliphatic hydroxyl groups is 1. The van der Waals surface area contributed by atoms with Gasteiger partial charge in [0.15, 0.2) is 0 Å². The van der Waals surface area contributed by atoms with Crippen LogP contribution in [0.2, 0.25) is 0 Å². The van der Waals surface area contributed by atoms with Crippen LogP contribution < -0.4 is 5.32 Å². The van der Waals surface area contributed by atoms with Gasteiger partial charge in [0.25, 0.3) is 0 Å². The predicted molar refractivity (Wildman–Crippen MR) is 45.2 cm³/mol. The van der Waals surface area contributed by atoms with Crippen LogP contribution in [0.1, 0.15) is 6.42 Å². The monoisotopic (exact) mass is 176 g/mol. The minimum absolute atomic E-state index is 0.142. The molecule has 0 aliphatic rings. The van der Waals surface area contributed by atoms with Crippen LogP contribution >= 0.6 is 0 Å². The highest BCUT2D eigenvalue weighted by Crippen LogP contribution is 1.84. The van der Waals surface area contributed by atoms with E-state index in [0.717, 1.165) is 13.0 Å². The second-order valence-electron chi connectivity index (χ2n) is 2.61. The van der Waals surface area contributed by atoms with Crippen LogP contribution in [0.4, 0.5) is 4.79 Å². The summed E-state index contributed by atoms with van der Waals surface area (Å²) < 4.78 is 0. The number of nitrogens with one attached hydrogen (secondary N) is 1. The van der Waals surface area contributed by atoms with E-state index in [1.54, 1.807) is 0 Å². The molecule has 5 heteroatoms. The third kappa shape index (κ3) is 7.30. The normalized spacial score (nSPS) is 10.2. The highest BCUT2D eigenvalue weighted by molar-refractivity contribution is 5.64. The average molecular weight is 176 g/mol. The number of hydrogen-bond acceptors (Lipinski definition) is 3. The summed E-state index contributed by atoms with van der Waals surface area (Å²) in [5, 5.41) is 19.0. The zero-order chi connectivity index (χ0) is 9.40. The highest BCUT2D eigenvalue weighted by atomic mass is 16.4. The second-order valence-corrected chi connectivity index (χ2v) is 2.61. The Morgan fingerprint density at radius 2 is 2.17 bits per heavy atom. The number of carbonyl (C=O) groups is 1. The summed E-state index contributed by atoms with van der Waals surface area (Å²) in [6.07, 6.45) is -0.220. The van der Waals surface area contributed by atoms with Crippen molar-refractivity contribution in [1.29, 1.82) is 0 Å². The van der Waals surface area contributed by atoms with Crippen molar-refractivity contribution in [2.75, 3.05) is 33.3 Å². The van der Waals surface area contributed by atoms with Gasteiger partial charge in [0.2, 0.25) is 0 Å². The molecule has 0 aliphatic carbocycles. The van der Waals surface area contributed by atoms with Crippen molar-refractivity contribution in [3.8, 4) is 0 Å². The highest BCUT2D eigenvalue weighted by Gasteiger charge is 1.97. The van der Waals surface area contributed by atoms with Crippen LogP contribution in [0.3, 0.4) is 0 Å². The van der Waals surface area contributed by atoms with E-state index in [4.69, 9.17) is 10.2 Å². The summed E-state index contributed by atoms with van der Waals surface area (Å²) in [7, 11) is 1.89. The van der Waals surface area contributed by atoms with Gasteiger partial charge >= 0.3 is 6.09 Å². The Labute approximate surface area is 72.0 Å². The van der Waals surface area contributed by atoms with Gasteiger partial charge < -0.3 is 20.4 Å². The Hall–Kier alpha value is -0.810. The van der Waals surface area contributed by atoms with Crippen molar-refractivity contribution < 1.29 is 15.0 Å². The summed E-state index contributed by atoms with van der Waals surface area (Å²) in [5.74, 6) is 0. The summed E-state index contributed by atoms with van der Waals surface area (Å²) in [6.45, 7) is 2.03. The number of hydrogen-bond donors (Lipinski definition) is 3. The zero-order valence-electron chi connectivity index (χ0n) is 7.29. The Bertz CT molecular complexity index is 130. The topological polar surface area (TPSA) is 72.8 Å². The third-order valence-corrected chi connectivity index (χ3v) is 1.47. The van der Waals surface area contributed by atoms with Crippen molar-refractivity contribution in [3.05, 3.63) is 0 Å². The fraction of sp³-hybridized carbons (Fsp3) is 0.857. The fourth-order valence-corrected chi connectivity index (χ4v) is 0.827. The molecule has 5 nitrogen and oxygen atoms in total. The van der Waals surface area contributed by atoms with E-state index in [1.807, 2.05) is 11.9 Å². The van der Waals surface area contributed by atoms with Gasteiger partial charge in [-0.3, -0.25) is 0 Å². The minimum atomic E-state index is -0.986. The molecule has 0 aliphatic heterocycles. The lowest BCUT2D eigenvalue weighted by Gasteiger charge is -2.14. The minimum Gasteiger partial charge on any atom is -0.465 e. The Morgan fingerprint density at radius 1 is 1.50 bits per heavy atom. The molecule has 0 aromatic heterocycles. The van der Waals surface area contributed by atoms with Crippen LogP contribution in [0.25, 0.3) is 0 Å². The van der Waals surface area contributed by atoms with Gasteiger partial charge in [-0.15, -0.1) is 0 Å².